The van der Waals surface area contributed by atoms with Gasteiger partial charge in [-0.3, -0.25) is 4.90 Å². The summed E-state index contributed by atoms with van der Waals surface area (Å²) < 4.78 is 18.8. The van der Waals surface area contributed by atoms with Crippen LogP contribution in [0.25, 0.3) is 0 Å². The van der Waals surface area contributed by atoms with Gasteiger partial charge in [0.1, 0.15) is 11.6 Å². The molecule has 1 unspecified atom stereocenters. The predicted molar refractivity (Wildman–Crippen MR) is 99.6 cm³/mol. The van der Waals surface area contributed by atoms with Crippen LogP contribution in [0.3, 0.4) is 0 Å². The molecule has 0 spiro atoms. The molecule has 2 saturated heterocycles. The molecule has 0 aromatic heterocycles. The summed E-state index contributed by atoms with van der Waals surface area (Å²) in [7, 11) is 1.71. The van der Waals surface area contributed by atoms with Crippen molar-refractivity contribution >= 4 is 0 Å². The molecule has 4 heteroatoms. The highest BCUT2D eigenvalue weighted by Gasteiger charge is 2.48. The molecule has 3 nitrogen and oxygen atoms in total. The van der Waals surface area contributed by atoms with Crippen LogP contribution in [0.4, 0.5) is 4.39 Å². The summed E-state index contributed by atoms with van der Waals surface area (Å²) >= 11 is 0. The smallest absolute Gasteiger partial charge is 0.123 e. The SMILES string of the molecule is COc1ccc(C)cc1CN1[C@@H]2CC[C@H]1CC(O)(c1ccc(F)cc1)C2. The van der Waals surface area contributed by atoms with Crippen LogP contribution in [0.2, 0.25) is 0 Å². The molecule has 2 bridgehead atoms. The number of fused-ring (bicyclic) bond motifs is 2. The Morgan fingerprint density at radius 3 is 2.38 bits per heavy atom. The van der Waals surface area contributed by atoms with E-state index in [-0.39, 0.29) is 5.82 Å². The molecule has 4 rings (SSSR count). The molecular formula is C22H26FNO2. The molecule has 2 fully saturated rings. The minimum absolute atomic E-state index is 0.260. The predicted octanol–water partition coefficient (Wildman–Crippen LogP) is 4.16. The van der Waals surface area contributed by atoms with E-state index in [0.29, 0.717) is 24.9 Å². The first-order valence-electron chi connectivity index (χ1n) is 9.36. The Morgan fingerprint density at radius 2 is 1.77 bits per heavy atom. The van der Waals surface area contributed by atoms with Gasteiger partial charge in [0, 0.05) is 24.2 Å². The first-order valence-corrected chi connectivity index (χ1v) is 9.36. The van der Waals surface area contributed by atoms with Gasteiger partial charge < -0.3 is 9.84 Å². The van der Waals surface area contributed by atoms with Crippen LogP contribution in [0.15, 0.2) is 42.5 Å². The quantitative estimate of drug-likeness (QED) is 0.894. The number of aryl methyl sites for hydroxylation is 1. The van der Waals surface area contributed by atoms with Crippen LogP contribution in [0.5, 0.6) is 5.75 Å². The molecule has 2 aliphatic rings. The zero-order valence-electron chi connectivity index (χ0n) is 15.4. The van der Waals surface area contributed by atoms with Crippen LogP contribution < -0.4 is 4.74 Å². The van der Waals surface area contributed by atoms with E-state index in [2.05, 4.69) is 24.0 Å². The fraction of sp³-hybridized carbons (Fsp3) is 0.455. The number of hydrogen-bond acceptors (Lipinski definition) is 3. The number of aliphatic hydroxyl groups is 1. The zero-order valence-corrected chi connectivity index (χ0v) is 15.4. The molecule has 26 heavy (non-hydrogen) atoms. The lowest BCUT2D eigenvalue weighted by Gasteiger charge is -2.44. The van der Waals surface area contributed by atoms with Gasteiger partial charge in [0.25, 0.3) is 0 Å². The van der Waals surface area contributed by atoms with Crippen molar-refractivity contribution in [2.45, 2.75) is 56.8 Å². The van der Waals surface area contributed by atoms with Crippen molar-refractivity contribution in [1.29, 1.82) is 0 Å². The molecule has 2 aliphatic heterocycles. The van der Waals surface area contributed by atoms with Crippen molar-refractivity contribution in [1.82, 2.24) is 4.90 Å². The van der Waals surface area contributed by atoms with E-state index in [9.17, 15) is 9.50 Å². The molecule has 3 atom stereocenters. The molecule has 2 heterocycles. The van der Waals surface area contributed by atoms with E-state index in [1.807, 2.05) is 6.07 Å². The second-order valence-corrected chi connectivity index (χ2v) is 7.82. The Morgan fingerprint density at radius 1 is 1.12 bits per heavy atom. The van der Waals surface area contributed by atoms with Crippen molar-refractivity contribution in [3.8, 4) is 5.75 Å². The molecule has 0 saturated carbocycles. The van der Waals surface area contributed by atoms with E-state index in [4.69, 9.17) is 4.74 Å². The fourth-order valence-corrected chi connectivity index (χ4v) is 4.80. The standard InChI is InChI=1S/C22H26FNO2/c1-15-3-10-21(26-2)16(11-15)14-24-19-8-9-20(24)13-22(25,12-19)17-4-6-18(23)7-5-17/h3-7,10-11,19-20,25H,8-9,12-14H2,1-2H3/t19-,20+,22?. The second kappa shape index (κ2) is 6.67. The summed E-state index contributed by atoms with van der Waals surface area (Å²) in [5.41, 5.74) is 2.42. The van der Waals surface area contributed by atoms with Gasteiger partial charge in [-0.1, -0.05) is 29.8 Å². The Balaban J connectivity index is 1.56. The van der Waals surface area contributed by atoms with Gasteiger partial charge in [0.15, 0.2) is 0 Å². The largest absolute Gasteiger partial charge is 0.496 e. The van der Waals surface area contributed by atoms with Gasteiger partial charge >= 0.3 is 0 Å². The molecule has 2 aromatic rings. The third kappa shape index (κ3) is 3.12. The molecule has 0 aliphatic carbocycles. The normalized spacial score (nSPS) is 28.3. The van der Waals surface area contributed by atoms with Crippen LogP contribution in [-0.4, -0.2) is 29.2 Å². The van der Waals surface area contributed by atoms with Crippen LogP contribution in [0, 0.1) is 12.7 Å². The summed E-state index contributed by atoms with van der Waals surface area (Å²) in [6.07, 6.45) is 3.59. The zero-order chi connectivity index (χ0) is 18.3. The van der Waals surface area contributed by atoms with Gasteiger partial charge in [-0.2, -0.15) is 0 Å². The van der Waals surface area contributed by atoms with Crippen molar-refractivity contribution in [2.75, 3.05) is 7.11 Å². The lowest BCUT2D eigenvalue weighted by molar-refractivity contribution is -0.0596. The van der Waals surface area contributed by atoms with Crippen LogP contribution in [0.1, 0.15) is 42.4 Å². The Labute approximate surface area is 154 Å². The minimum atomic E-state index is -0.854. The molecule has 2 aromatic carbocycles. The number of benzene rings is 2. The average Bonchev–Trinajstić information content (AvgIpc) is 2.86. The molecular weight excluding hydrogens is 329 g/mol. The van der Waals surface area contributed by atoms with Gasteiger partial charge in [-0.25, -0.2) is 4.39 Å². The Bertz CT molecular complexity index is 775. The molecule has 1 N–H and O–H groups in total. The molecule has 0 radical (unpaired) electrons. The summed E-state index contributed by atoms with van der Waals surface area (Å²) in [6, 6.07) is 13.3. The fourth-order valence-electron chi connectivity index (χ4n) is 4.80. The van der Waals surface area contributed by atoms with Crippen molar-refractivity contribution in [3.05, 3.63) is 65.0 Å². The Hall–Kier alpha value is -1.91. The number of piperidine rings is 1. The number of nitrogens with zero attached hydrogens (tertiary/aromatic N) is 1. The van der Waals surface area contributed by atoms with E-state index >= 15 is 0 Å². The first-order chi connectivity index (χ1) is 12.5. The van der Waals surface area contributed by atoms with Gasteiger partial charge in [-0.05, 0) is 56.4 Å². The van der Waals surface area contributed by atoms with Crippen molar-refractivity contribution < 1.29 is 14.2 Å². The summed E-state index contributed by atoms with van der Waals surface area (Å²) in [5, 5.41) is 11.3. The number of ether oxygens (including phenoxy) is 1. The van der Waals surface area contributed by atoms with E-state index in [0.717, 1.165) is 30.7 Å². The van der Waals surface area contributed by atoms with Gasteiger partial charge in [0.05, 0.1) is 12.7 Å². The lowest BCUT2D eigenvalue weighted by atomic mass is 9.80. The highest BCUT2D eigenvalue weighted by molar-refractivity contribution is 5.37. The monoisotopic (exact) mass is 355 g/mol. The second-order valence-electron chi connectivity index (χ2n) is 7.82. The van der Waals surface area contributed by atoms with E-state index in [1.54, 1.807) is 19.2 Å². The third-order valence-corrected chi connectivity index (χ3v) is 6.09. The lowest BCUT2D eigenvalue weighted by Crippen LogP contribution is -2.49. The summed E-state index contributed by atoms with van der Waals surface area (Å²) in [6.45, 7) is 2.95. The molecule has 0 amide bonds. The van der Waals surface area contributed by atoms with E-state index < -0.39 is 5.60 Å². The van der Waals surface area contributed by atoms with Crippen LogP contribution >= 0.6 is 0 Å². The number of rotatable bonds is 4. The van der Waals surface area contributed by atoms with Crippen LogP contribution in [-0.2, 0) is 12.1 Å². The number of halogens is 1. The van der Waals surface area contributed by atoms with Gasteiger partial charge in [0.2, 0.25) is 0 Å². The maximum Gasteiger partial charge on any atom is 0.123 e. The summed E-state index contributed by atoms with van der Waals surface area (Å²) in [5.74, 6) is 0.665. The highest BCUT2D eigenvalue weighted by atomic mass is 19.1. The maximum atomic E-state index is 13.3. The number of hydrogen-bond donors (Lipinski definition) is 1. The summed E-state index contributed by atoms with van der Waals surface area (Å²) in [4.78, 5) is 2.52. The van der Waals surface area contributed by atoms with Crippen molar-refractivity contribution in [2.24, 2.45) is 0 Å². The minimum Gasteiger partial charge on any atom is -0.496 e. The Kier molecular flexibility index (Phi) is 4.49. The molecule has 138 valence electrons. The first kappa shape index (κ1) is 17.5. The highest BCUT2D eigenvalue weighted by Crippen LogP contribution is 2.46. The average molecular weight is 355 g/mol. The van der Waals surface area contributed by atoms with Gasteiger partial charge in [-0.15, -0.1) is 0 Å². The van der Waals surface area contributed by atoms with Crippen molar-refractivity contribution in [3.63, 3.8) is 0 Å². The topological polar surface area (TPSA) is 32.7 Å². The third-order valence-electron chi connectivity index (χ3n) is 6.09. The number of methoxy groups -OCH3 is 1. The maximum absolute atomic E-state index is 13.3. The van der Waals surface area contributed by atoms with E-state index in [1.165, 1.54) is 23.3 Å².